The molecule has 0 heterocycles. The third-order valence-electron chi connectivity index (χ3n) is 7.82. The van der Waals surface area contributed by atoms with Crippen molar-refractivity contribution in [1.29, 1.82) is 0 Å². The van der Waals surface area contributed by atoms with E-state index >= 15 is 0 Å². The molecular weight excluding hydrogens is 570 g/mol. The van der Waals surface area contributed by atoms with Crippen LogP contribution in [0.15, 0.2) is 72.8 Å². The molecule has 0 bridgehead atoms. The molecule has 1 N–H and O–H groups in total. The van der Waals surface area contributed by atoms with Crippen LogP contribution in [0.25, 0.3) is 0 Å². The lowest BCUT2D eigenvalue weighted by Crippen LogP contribution is -2.55. The smallest absolute Gasteiger partial charge is 0.244 e. The van der Waals surface area contributed by atoms with Gasteiger partial charge in [0, 0.05) is 24.0 Å². The van der Waals surface area contributed by atoms with Gasteiger partial charge < -0.3 is 10.2 Å². The lowest BCUT2D eigenvalue weighted by Gasteiger charge is -2.35. The number of hydrogen-bond donors (Lipinski definition) is 1. The molecule has 1 saturated carbocycles. The van der Waals surface area contributed by atoms with E-state index in [0.717, 1.165) is 64.9 Å². The monoisotopic (exact) mass is 609 g/mol. The number of nitrogens with one attached hydrogen (secondary N) is 1. The Balaban J connectivity index is 1.72. The number of amides is 2. The average Bonchev–Trinajstić information content (AvgIpc) is 2.96. The largest absolute Gasteiger partial charge is 0.352 e. The molecule has 0 unspecified atom stereocenters. The van der Waals surface area contributed by atoms with Crippen molar-refractivity contribution >= 4 is 39.1 Å². The molecule has 1 fully saturated rings. The standard InChI is InChI=1S/C33H40ClN3O4S/c1-24-14-17-27(18-15-24)22-36(32(38)23-37(42(3,40)41)29-19-16-25(2)30(34)21-29)31(20-26-10-6-4-7-11-26)33(39)35-28-12-8-5-9-13-28/h4,6-7,10-11,14-19,21,28,31H,5,8-9,12-13,20,22-23H2,1-3H3,(H,35,39)/t31-/m0/s1. The Morgan fingerprint density at radius 2 is 1.60 bits per heavy atom. The zero-order chi connectivity index (χ0) is 30.3. The van der Waals surface area contributed by atoms with Crippen LogP contribution in [0.3, 0.4) is 0 Å². The van der Waals surface area contributed by atoms with Crippen molar-refractivity contribution in [2.45, 2.75) is 71.0 Å². The Kier molecular flexibility index (Phi) is 10.7. The van der Waals surface area contributed by atoms with E-state index in [0.29, 0.717) is 17.1 Å². The van der Waals surface area contributed by atoms with Gasteiger partial charge in [0.1, 0.15) is 12.6 Å². The van der Waals surface area contributed by atoms with E-state index in [1.165, 1.54) is 4.90 Å². The molecule has 3 aromatic rings. The minimum atomic E-state index is -3.86. The topological polar surface area (TPSA) is 86.8 Å². The first kappa shape index (κ1) is 31.6. The quantitative estimate of drug-likeness (QED) is 0.297. The van der Waals surface area contributed by atoms with Crippen LogP contribution in [0.4, 0.5) is 5.69 Å². The molecule has 1 aliphatic rings. The van der Waals surface area contributed by atoms with Crippen molar-refractivity contribution in [3.8, 4) is 0 Å². The molecule has 2 amide bonds. The second-order valence-electron chi connectivity index (χ2n) is 11.3. The summed E-state index contributed by atoms with van der Waals surface area (Å²) in [6, 6.07) is 21.5. The van der Waals surface area contributed by atoms with E-state index in [9.17, 15) is 18.0 Å². The van der Waals surface area contributed by atoms with Gasteiger partial charge in [-0.2, -0.15) is 0 Å². The zero-order valence-corrected chi connectivity index (χ0v) is 26.1. The maximum atomic E-state index is 14.2. The van der Waals surface area contributed by atoms with E-state index in [4.69, 9.17) is 11.6 Å². The summed E-state index contributed by atoms with van der Waals surface area (Å²) in [5.41, 5.74) is 3.92. The highest BCUT2D eigenvalue weighted by atomic mass is 35.5. The van der Waals surface area contributed by atoms with Crippen LogP contribution < -0.4 is 9.62 Å². The number of anilines is 1. The lowest BCUT2D eigenvalue weighted by molar-refractivity contribution is -0.140. The van der Waals surface area contributed by atoms with Gasteiger partial charge in [0.25, 0.3) is 0 Å². The fourth-order valence-corrected chi connectivity index (χ4v) is 6.36. The Morgan fingerprint density at radius 1 is 0.929 bits per heavy atom. The third kappa shape index (κ3) is 8.58. The molecule has 42 heavy (non-hydrogen) atoms. The van der Waals surface area contributed by atoms with E-state index in [1.54, 1.807) is 18.2 Å². The minimum Gasteiger partial charge on any atom is -0.352 e. The molecule has 1 atom stereocenters. The number of aryl methyl sites for hydroxylation is 2. The van der Waals surface area contributed by atoms with Crippen LogP contribution in [-0.2, 0) is 32.6 Å². The fraction of sp³-hybridized carbons (Fsp3) is 0.394. The molecule has 9 heteroatoms. The number of halogens is 1. The molecule has 3 aromatic carbocycles. The van der Waals surface area contributed by atoms with Crippen LogP contribution >= 0.6 is 11.6 Å². The van der Waals surface area contributed by atoms with Crippen LogP contribution in [0.5, 0.6) is 0 Å². The summed E-state index contributed by atoms with van der Waals surface area (Å²) < 4.78 is 27.0. The van der Waals surface area contributed by atoms with E-state index in [1.807, 2.05) is 68.4 Å². The van der Waals surface area contributed by atoms with Crippen molar-refractivity contribution < 1.29 is 18.0 Å². The summed E-state index contributed by atoms with van der Waals surface area (Å²) >= 11 is 6.33. The molecule has 0 spiro atoms. The second-order valence-corrected chi connectivity index (χ2v) is 13.6. The Bertz CT molecular complexity index is 1470. The maximum Gasteiger partial charge on any atom is 0.244 e. The second kappa shape index (κ2) is 14.2. The van der Waals surface area contributed by atoms with E-state index in [2.05, 4.69) is 5.32 Å². The number of carbonyl (C=O) groups excluding carboxylic acids is 2. The SMILES string of the molecule is Cc1ccc(CN(C(=O)CN(c2ccc(C)c(Cl)c2)S(C)(=O)=O)[C@@H](Cc2ccccc2)C(=O)NC2CCCCC2)cc1. The molecule has 0 aromatic heterocycles. The number of benzene rings is 3. The Morgan fingerprint density at radius 3 is 2.21 bits per heavy atom. The summed E-state index contributed by atoms with van der Waals surface area (Å²) in [6.07, 6.45) is 6.45. The van der Waals surface area contributed by atoms with Gasteiger partial charge in [0.15, 0.2) is 0 Å². The number of hydrogen-bond acceptors (Lipinski definition) is 4. The summed E-state index contributed by atoms with van der Waals surface area (Å²) in [7, 11) is -3.86. The molecule has 1 aliphatic carbocycles. The van der Waals surface area contributed by atoms with Gasteiger partial charge in [-0.1, -0.05) is 97.1 Å². The number of sulfonamides is 1. The minimum absolute atomic E-state index is 0.0584. The van der Waals surface area contributed by atoms with Gasteiger partial charge in [0.05, 0.1) is 11.9 Å². The van der Waals surface area contributed by atoms with Crippen LogP contribution in [-0.4, -0.2) is 50.0 Å². The van der Waals surface area contributed by atoms with Crippen LogP contribution in [0, 0.1) is 13.8 Å². The molecule has 0 saturated heterocycles. The first-order chi connectivity index (χ1) is 20.0. The molecule has 0 radical (unpaired) electrons. The van der Waals surface area contributed by atoms with E-state index < -0.39 is 28.5 Å². The predicted octanol–water partition coefficient (Wildman–Crippen LogP) is 5.81. The highest BCUT2D eigenvalue weighted by molar-refractivity contribution is 7.92. The summed E-state index contributed by atoms with van der Waals surface area (Å²) in [4.78, 5) is 29.8. The van der Waals surface area contributed by atoms with Crippen LogP contribution in [0.1, 0.15) is 54.4 Å². The zero-order valence-electron chi connectivity index (χ0n) is 24.6. The normalized spacial score (nSPS) is 14.7. The van der Waals surface area contributed by atoms with Crippen molar-refractivity contribution in [3.63, 3.8) is 0 Å². The first-order valence-corrected chi connectivity index (χ1v) is 16.7. The van der Waals surface area contributed by atoms with Gasteiger partial charge in [-0.15, -0.1) is 0 Å². The Hall–Kier alpha value is -3.36. The van der Waals surface area contributed by atoms with Gasteiger partial charge >= 0.3 is 0 Å². The van der Waals surface area contributed by atoms with Crippen molar-refractivity contribution in [2.24, 2.45) is 0 Å². The summed E-state index contributed by atoms with van der Waals surface area (Å²) in [5, 5.41) is 3.62. The molecule has 0 aliphatic heterocycles. The van der Waals surface area contributed by atoms with E-state index in [-0.39, 0.29) is 18.5 Å². The third-order valence-corrected chi connectivity index (χ3v) is 9.37. The summed E-state index contributed by atoms with van der Waals surface area (Å²) in [5.74, 6) is -0.701. The summed E-state index contributed by atoms with van der Waals surface area (Å²) in [6.45, 7) is 3.50. The van der Waals surface area contributed by atoms with Gasteiger partial charge in [-0.25, -0.2) is 8.42 Å². The highest BCUT2D eigenvalue weighted by Gasteiger charge is 2.34. The van der Waals surface area contributed by atoms with Crippen LogP contribution in [0.2, 0.25) is 5.02 Å². The first-order valence-electron chi connectivity index (χ1n) is 14.4. The average molecular weight is 610 g/mol. The van der Waals surface area contributed by atoms with Crippen molar-refractivity contribution in [1.82, 2.24) is 10.2 Å². The Labute approximate surface area is 254 Å². The number of carbonyl (C=O) groups is 2. The number of nitrogens with zero attached hydrogens (tertiary/aromatic N) is 2. The number of rotatable bonds is 11. The van der Waals surface area contributed by atoms with Gasteiger partial charge in [-0.05, 0) is 55.5 Å². The highest BCUT2D eigenvalue weighted by Crippen LogP contribution is 2.26. The molecule has 224 valence electrons. The van der Waals surface area contributed by atoms with Gasteiger partial charge in [-0.3, -0.25) is 13.9 Å². The van der Waals surface area contributed by atoms with Crippen molar-refractivity contribution in [2.75, 3.05) is 17.1 Å². The maximum absolute atomic E-state index is 14.2. The predicted molar refractivity (Wildman–Crippen MR) is 169 cm³/mol. The molecule has 4 rings (SSSR count). The lowest BCUT2D eigenvalue weighted by atomic mass is 9.94. The van der Waals surface area contributed by atoms with Gasteiger partial charge in [0.2, 0.25) is 21.8 Å². The molecular formula is C33H40ClN3O4S. The molecule has 7 nitrogen and oxygen atoms in total. The van der Waals surface area contributed by atoms with Crippen molar-refractivity contribution in [3.05, 3.63) is 100 Å². The fourth-order valence-electron chi connectivity index (χ4n) is 5.34.